The molecule has 0 unspecified atom stereocenters. The fraction of sp³-hybridized carbons (Fsp3) is 0.0741. The molecule has 2 N–H and O–H groups in total. The first-order chi connectivity index (χ1) is 17.0. The van der Waals surface area contributed by atoms with E-state index in [0.29, 0.717) is 28.3 Å². The number of anilines is 1. The van der Waals surface area contributed by atoms with Gasteiger partial charge in [-0.2, -0.15) is 5.10 Å². The van der Waals surface area contributed by atoms with Crippen molar-refractivity contribution >= 4 is 34.5 Å². The highest BCUT2D eigenvalue weighted by Crippen LogP contribution is 2.26. The molecule has 7 nitrogen and oxygen atoms in total. The second kappa shape index (κ2) is 10.9. The van der Waals surface area contributed by atoms with Crippen molar-refractivity contribution in [3.63, 3.8) is 0 Å². The maximum absolute atomic E-state index is 13.0. The summed E-state index contributed by atoms with van der Waals surface area (Å²) >= 11 is 0. The Hall–Kier alpha value is -4.72. The molecule has 0 aliphatic carbocycles. The Balaban J connectivity index is 1.40. The molecule has 0 bridgehead atoms. The number of carbonyl (C=O) groups is 2. The summed E-state index contributed by atoms with van der Waals surface area (Å²) in [5.41, 5.74) is 3.88. The van der Waals surface area contributed by atoms with E-state index in [1.54, 1.807) is 36.4 Å². The van der Waals surface area contributed by atoms with E-state index in [0.717, 1.165) is 10.8 Å². The third-order valence-corrected chi connectivity index (χ3v) is 5.09. The molecule has 2 amide bonds. The molecule has 0 saturated heterocycles. The van der Waals surface area contributed by atoms with Crippen LogP contribution in [0.25, 0.3) is 10.8 Å². The number of carbonyl (C=O) groups excluding carboxylic acids is 2. The summed E-state index contributed by atoms with van der Waals surface area (Å²) in [6, 6.07) is 23.6. The van der Waals surface area contributed by atoms with Crippen molar-refractivity contribution in [2.75, 3.05) is 19.0 Å². The van der Waals surface area contributed by atoms with Crippen LogP contribution in [0.1, 0.15) is 15.9 Å². The largest absolute Gasteiger partial charge is 0.496 e. The molecule has 0 fully saturated rings. The monoisotopic (exact) mass is 471 g/mol. The van der Waals surface area contributed by atoms with Gasteiger partial charge < -0.3 is 14.8 Å². The van der Waals surface area contributed by atoms with Gasteiger partial charge in [-0.1, -0.05) is 36.4 Å². The van der Waals surface area contributed by atoms with E-state index in [9.17, 15) is 14.0 Å². The number of hydrogen-bond donors (Lipinski definition) is 2. The summed E-state index contributed by atoms with van der Waals surface area (Å²) in [5, 5.41) is 8.53. The van der Waals surface area contributed by atoms with Crippen molar-refractivity contribution in [3.05, 3.63) is 102 Å². The normalized spacial score (nSPS) is 10.8. The minimum absolute atomic E-state index is 0.261. The molecule has 4 aromatic carbocycles. The lowest BCUT2D eigenvalue weighted by atomic mass is 10.1. The van der Waals surface area contributed by atoms with E-state index < -0.39 is 17.6 Å². The highest BCUT2D eigenvalue weighted by molar-refractivity contribution is 6.02. The Kier molecular flexibility index (Phi) is 7.32. The quantitative estimate of drug-likeness (QED) is 0.286. The van der Waals surface area contributed by atoms with Crippen LogP contribution in [0, 0.1) is 5.82 Å². The van der Waals surface area contributed by atoms with Gasteiger partial charge in [-0.05, 0) is 59.3 Å². The number of rotatable bonds is 8. The van der Waals surface area contributed by atoms with Crippen molar-refractivity contribution in [1.82, 2.24) is 5.43 Å². The lowest BCUT2D eigenvalue weighted by Gasteiger charge is -2.10. The number of ether oxygens (including phenoxy) is 2. The maximum Gasteiger partial charge on any atom is 0.275 e. The number of amides is 2. The summed E-state index contributed by atoms with van der Waals surface area (Å²) < 4.78 is 24.0. The minimum atomic E-state index is -0.430. The number of hydrazone groups is 1. The molecule has 0 radical (unpaired) electrons. The van der Waals surface area contributed by atoms with Crippen molar-refractivity contribution in [2.24, 2.45) is 5.10 Å². The summed E-state index contributed by atoms with van der Waals surface area (Å²) in [5.74, 6) is -0.380. The second-order valence-corrected chi connectivity index (χ2v) is 7.48. The number of fused-ring (bicyclic) bond motifs is 1. The molecule has 4 aromatic rings. The highest BCUT2D eigenvalue weighted by atomic mass is 19.1. The van der Waals surface area contributed by atoms with Crippen molar-refractivity contribution in [2.45, 2.75) is 0 Å². The summed E-state index contributed by atoms with van der Waals surface area (Å²) in [6.07, 6.45) is 1.43. The SMILES string of the molecule is COc1cc2ccccc2cc1C(=O)N/N=C\c1ccccc1OCC(=O)Nc1ccc(F)cc1. The zero-order chi connectivity index (χ0) is 24.6. The lowest BCUT2D eigenvalue weighted by Crippen LogP contribution is -2.20. The van der Waals surface area contributed by atoms with Crippen LogP contribution in [0.15, 0.2) is 90.0 Å². The third-order valence-electron chi connectivity index (χ3n) is 5.09. The molecule has 0 atom stereocenters. The molecule has 0 aromatic heterocycles. The van der Waals surface area contributed by atoms with Gasteiger partial charge in [0.1, 0.15) is 17.3 Å². The predicted molar refractivity (Wildman–Crippen MR) is 133 cm³/mol. The van der Waals surface area contributed by atoms with Gasteiger partial charge in [-0.15, -0.1) is 0 Å². The molecule has 0 aliphatic heterocycles. The smallest absolute Gasteiger partial charge is 0.275 e. The van der Waals surface area contributed by atoms with Crippen LogP contribution in [0.2, 0.25) is 0 Å². The molecule has 176 valence electrons. The number of methoxy groups -OCH3 is 1. The Morgan fingerprint density at radius 1 is 0.914 bits per heavy atom. The van der Waals surface area contributed by atoms with Gasteiger partial charge >= 0.3 is 0 Å². The molecule has 0 aliphatic rings. The zero-order valence-corrected chi connectivity index (χ0v) is 18.8. The molecule has 0 saturated carbocycles. The molecule has 0 heterocycles. The average molecular weight is 471 g/mol. The summed E-state index contributed by atoms with van der Waals surface area (Å²) in [7, 11) is 1.50. The third kappa shape index (κ3) is 6.00. The van der Waals surface area contributed by atoms with Crippen LogP contribution in [0.3, 0.4) is 0 Å². The Morgan fingerprint density at radius 2 is 1.60 bits per heavy atom. The van der Waals surface area contributed by atoms with Gasteiger partial charge in [0.05, 0.1) is 18.9 Å². The summed E-state index contributed by atoms with van der Waals surface area (Å²) in [6.45, 7) is -0.261. The molecule has 4 rings (SSSR count). The van der Waals surface area contributed by atoms with Crippen LogP contribution >= 0.6 is 0 Å². The first-order valence-corrected chi connectivity index (χ1v) is 10.7. The van der Waals surface area contributed by atoms with Crippen molar-refractivity contribution in [3.8, 4) is 11.5 Å². The Morgan fingerprint density at radius 3 is 2.34 bits per heavy atom. The van der Waals surface area contributed by atoms with Crippen LogP contribution < -0.4 is 20.2 Å². The van der Waals surface area contributed by atoms with E-state index >= 15 is 0 Å². The maximum atomic E-state index is 13.0. The molecular weight excluding hydrogens is 449 g/mol. The average Bonchev–Trinajstić information content (AvgIpc) is 2.88. The standard InChI is InChI=1S/C27H22FN3O4/c1-34-25-15-19-7-3-2-6-18(19)14-23(25)27(33)31-29-16-20-8-4-5-9-24(20)35-17-26(32)30-22-12-10-21(28)11-13-22/h2-16H,17H2,1H3,(H,30,32)(H,31,33)/b29-16-. The minimum Gasteiger partial charge on any atom is -0.496 e. The molecular formula is C27H22FN3O4. The molecule has 0 spiro atoms. The first kappa shape index (κ1) is 23.4. The predicted octanol–water partition coefficient (Wildman–Crippen LogP) is 4.77. The Bertz CT molecular complexity index is 1390. The van der Waals surface area contributed by atoms with Crippen LogP contribution in [0.4, 0.5) is 10.1 Å². The number of para-hydroxylation sites is 1. The van der Waals surface area contributed by atoms with Crippen LogP contribution in [-0.4, -0.2) is 31.7 Å². The first-order valence-electron chi connectivity index (χ1n) is 10.7. The van der Waals surface area contributed by atoms with Crippen molar-refractivity contribution < 1.29 is 23.5 Å². The van der Waals surface area contributed by atoms with E-state index in [1.165, 1.54) is 37.6 Å². The highest BCUT2D eigenvalue weighted by Gasteiger charge is 2.13. The lowest BCUT2D eigenvalue weighted by molar-refractivity contribution is -0.118. The van der Waals surface area contributed by atoms with E-state index in [-0.39, 0.29) is 6.61 Å². The number of halogens is 1. The van der Waals surface area contributed by atoms with E-state index in [1.807, 2.05) is 24.3 Å². The number of nitrogens with zero attached hydrogens (tertiary/aromatic N) is 1. The van der Waals surface area contributed by atoms with Crippen LogP contribution in [0.5, 0.6) is 11.5 Å². The molecule has 8 heteroatoms. The van der Waals surface area contributed by atoms with E-state index in [4.69, 9.17) is 9.47 Å². The zero-order valence-electron chi connectivity index (χ0n) is 18.8. The second-order valence-electron chi connectivity index (χ2n) is 7.48. The number of hydrogen-bond acceptors (Lipinski definition) is 5. The topological polar surface area (TPSA) is 89.0 Å². The van der Waals surface area contributed by atoms with Gasteiger partial charge in [-0.3, -0.25) is 9.59 Å². The van der Waals surface area contributed by atoms with Gasteiger partial charge in [0.2, 0.25) is 0 Å². The summed E-state index contributed by atoms with van der Waals surface area (Å²) in [4.78, 5) is 24.9. The van der Waals surface area contributed by atoms with Crippen LogP contribution in [-0.2, 0) is 4.79 Å². The van der Waals surface area contributed by atoms with Gasteiger partial charge in [-0.25, -0.2) is 9.82 Å². The van der Waals surface area contributed by atoms with Gasteiger partial charge in [0.25, 0.3) is 11.8 Å². The van der Waals surface area contributed by atoms with Crippen molar-refractivity contribution in [1.29, 1.82) is 0 Å². The molecule has 35 heavy (non-hydrogen) atoms. The Labute approximate surface area is 201 Å². The number of benzene rings is 4. The fourth-order valence-corrected chi connectivity index (χ4v) is 3.38. The fourth-order valence-electron chi connectivity index (χ4n) is 3.38. The van der Waals surface area contributed by atoms with Gasteiger partial charge in [0.15, 0.2) is 6.61 Å². The number of nitrogens with one attached hydrogen (secondary N) is 2. The van der Waals surface area contributed by atoms with E-state index in [2.05, 4.69) is 15.8 Å². The van der Waals surface area contributed by atoms with Gasteiger partial charge in [0, 0.05) is 11.3 Å².